The van der Waals surface area contributed by atoms with E-state index in [0.29, 0.717) is 16.4 Å². The molecule has 23 heavy (non-hydrogen) atoms. The summed E-state index contributed by atoms with van der Waals surface area (Å²) in [5.41, 5.74) is 1.66. The number of thiophene rings is 2. The minimum Gasteiger partial charge on any atom is -0.351 e. The maximum atomic E-state index is 12.3. The smallest absolute Gasteiger partial charge is 0.261 e. The fourth-order valence-corrected chi connectivity index (χ4v) is 3.59. The summed E-state index contributed by atoms with van der Waals surface area (Å²) in [7, 11) is 0. The van der Waals surface area contributed by atoms with E-state index in [4.69, 9.17) is 0 Å². The SMILES string of the molecule is Cc1cc(NC(=O)C(C)(C)C)sc1C(=O)NCCc1ccsc1. The number of carbonyl (C=O) groups is 2. The van der Waals surface area contributed by atoms with Gasteiger partial charge in [-0.2, -0.15) is 11.3 Å². The number of hydrogen-bond acceptors (Lipinski definition) is 4. The second-order valence-corrected chi connectivity index (χ2v) is 8.30. The van der Waals surface area contributed by atoms with Crippen LogP contribution in [0.3, 0.4) is 0 Å². The molecule has 2 heterocycles. The van der Waals surface area contributed by atoms with Crippen molar-refractivity contribution in [2.75, 3.05) is 11.9 Å². The van der Waals surface area contributed by atoms with E-state index in [2.05, 4.69) is 22.1 Å². The number of hydrogen-bond donors (Lipinski definition) is 2. The topological polar surface area (TPSA) is 58.2 Å². The van der Waals surface area contributed by atoms with Gasteiger partial charge in [-0.3, -0.25) is 9.59 Å². The van der Waals surface area contributed by atoms with Crippen LogP contribution in [0.25, 0.3) is 0 Å². The lowest BCUT2D eigenvalue weighted by Crippen LogP contribution is -2.27. The van der Waals surface area contributed by atoms with Crippen molar-refractivity contribution in [3.8, 4) is 0 Å². The standard InChI is InChI=1S/C17H22N2O2S2/c1-11-9-13(19-16(21)17(2,3)4)23-14(11)15(20)18-7-5-12-6-8-22-10-12/h6,8-10H,5,7H2,1-4H3,(H,18,20)(H,19,21). The molecule has 0 fully saturated rings. The molecule has 0 aliphatic carbocycles. The minimum atomic E-state index is -0.457. The number of carbonyl (C=O) groups excluding carboxylic acids is 2. The fourth-order valence-electron chi connectivity index (χ4n) is 1.90. The van der Waals surface area contributed by atoms with E-state index in [1.165, 1.54) is 16.9 Å². The van der Waals surface area contributed by atoms with Crippen LogP contribution in [0.2, 0.25) is 0 Å². The third kappa shape index (κ3) is 4.91. The van der Waals surface area contributed by atoms with Gasteiger partial charge in [-0.05, 0) is 47.4 Å². The summed E-state index contributed by atoms with van der Waals surface area (Å²) in [5, 5.41) is 10.6. The molecule has 0 aromatic carbocycles. The van der Waals surface area contributed by atoms with Crippen LogP contribution >= 0.6 is 22.7 Å². The summed E-state index contributed by atoms with van der Waals surface area (Å²) >= 11 is 2.98. The van der Waals surface area contributed by atoms with Crippen LogP contribution in [0, 0.1) is 12.3 Å². The van der Waals surface area contributed by atoms with Gasteiger partial charge >= 0.3 is 0 Å². The first-order valence-corrected chi connectivity index (χ1v) is 9.24. The molecule has 0 saturated carbocycles. The van der Waals surface area contributed by atoms with Crippen LogP contribution in [0.4, 0.5) is 5.00 Å². The van der Waals surface area contributed by atoms with Crippen molar-refractivity contribution < 1.29 is 9.59 Å². The summed E-state index contributed by atoms with van der Waals surface area (Å²) in [6.45, 7) is 8.08. The molecule has 0 radical (unpaired) electrons. The summed E-state index contributed by atoms with van der Waals surface area (Å²) in [5.74, 6) is -0.137. The van der Waals surface area contributed by atoms with Crippen LogP contribution in [0.1, 0.15) is 41.6 Å². The molecule has 124 valence electrons. The van der Waals surface area contributed by atoms with Crippen molar-refractivity contribution in [3.63, 3.8) is 0 Å². The van der Waals surface area contributed by atoms with Gasteiger partial charge in [0.2, 0.25) is 5.91 Å². The Hall–Kier alpha value is -1.66. The first-order chi connectivity index (χ1) is 10.8. The van der Waals surface area contributed by atoms with Gasteiger partial charge < -0.3 is 10.6 Å². The van der Waals surface area contributed by atoms with Gasteiger partial charge in [0.25, 0.3) is 5.91 Å². The van der Waals surface area contributed by atoms with Gasteiger partial charge in [-0.1, -0.05) is 20.8 Å². The first kappa shape index (κ1) is 17.7. The molecule has 0 spiro atoms. The van der Waals surface area contributed by atoms with Gasteiger partial charge in [-0.15, -0.1) is 11.3 Å². The average molecular weight is 351 g/mol. The Balaban J connectivity index is 1.94. The molecule has 0 unspecified atom stereocenters. The van der Waals surface area contributed by atoms with Crippen molar-refractivity contribution in [2.24, 2.45) is 5.41 Å². The third-order valence-corrected chi connectivity index (χ3v) is 5.20. The summed E-state index contributed by atoms with van der Waals surface area (Å²) in [6.07, 6.45) is 0.827. The van der Waals surface area contributed by atoms with Crippen LogP contribution in [-0.4, -0.2) is 18.4 Å². The third-order valence-electron chi connectivity index (χ3n) is 3.32. The number of amides is 2. The number of anilines is 1. The fraction of sp³-hybridized carbons (Fsp3) is 0.412. The lowest BCUT2D eigenvalue weighted by Gasteiger charge is -2.16. The Kier molecular flexibility index (Phi) is 5.59. The van der Waals surface area contributed by atoms with Crippen molar-refractivity contribution >= 4 is 39.5 Å². The predicted octanol–water partition coefficient (Wildman–Crippen LogP) is 4.08. The molecule has 0 bridgehead atoms. The zero-order valence-electron chi connectivity index (χ0n) is 13.9. The van der Waals surface area contributed by atoms with Gasteiger partial charge in [-0.25, -0.2) is 0 Å². The van der Waals surface area contributed by atoms with E-state index in [0.717, 1.165) is 12.0 Å². The molecule has 0 atom stereocenters. The number of rotatable bonds is 5. The van der Waals surface area contributed by atoms with Crippen molar-refractivity contribution in [1.29, 1.82) is 0 Å². The van der Waals surface area contributed by atoms with E-state index < -0.39 is 5.41 Å². The molecule has 2 aromatic heterocycles. The predicted molar refractivity (Wildman–Crippen MR) is 97.5 cm³/mol. The van der Waals surface area contributed by atoms with Gasteiger partial charge in [0.05, 0.1) is 9.88 Å². The van der Waals surface area contributed by atoms with Crippen LogP contribution < -0.4 is 10.6 Å². The molecular formula is C17H22N2O2S2. The van der Waals surface area contributed by atoms with Crippen molar-refractivity contribution in [2.45, 2.75) is 34.1 Å². The number of nitrogens with one attached hydrogen (secondary N) is 2. The summed E-state index contributed by atoms with van der Waals surface area (Å²) in [4.78, 5) is 25.0. The zero-order valence-corrected chi connectivity index (χ0v) is 15.5. The van der Waals surface area contributed by atoms with Crippen molar-refractivity contribution in [3.05, 3.63) is 38.9 Å². The highest BCUT2D eigenvalue weighted by molar-refractivity contribution is 7.18. The summed E-state index contributed by atoms with van der Waals surface area (Å²) in [6, 6.07) is 3.91. The number of aryl methyl sites for hydroxylation is 1. The van der Waals surface area contributed by atoms with Gasteiger partial charge in [0.15, 0.2) is 0 Å². The lowest BCUT2D eigenvalue weighted by molar-refractivity contribution is -0.123. The second-order valence-electron chi connectivity index (χ2n) is 6.46. The Bertz CT molecular complexity index is 682. The van der Waals surface area contributed by atoms with Gasteiger partial charge in [0.1, 0.15) is 0 Å². The highest BCUT2D eigenvalue weighted by atomic mass is 32.1. The maximum Gasteiger partial charge on any atom is 0.261 e. The molecule has 2 aromatic rings. The highest BCUT2D eigenvalue weighted by Crippen LogP contribution is 2.28. The van der Waals surface area contributed by atoms with Crippen LogP contribution in [-0.2, 0) is 11.2 Å². The summed E-state index contributed by atoms with van der Waals surface area (Å²) < 4.78 is 0. The quantitative estimate of drug-likeness (QED) is 0.854. The van der Waals surface area contributed by atoms with E-state index >= 15 is 0 Å². The van der Waals surface area contributed by atoms with Crippen LogP contribution in [0.15, 0.2) is 22.9 Å². The lowest BCUT2D eigenvalue weighted by atomic mass is 9.96. The first-order valence-electron chi connectivity index (χ1n) is 7.48. The van der Waals surface area contributed by atoms with E-state index in [-0.39, 0.29) is 11.8 Å². The largest absolute Gasteiger partial charge is 0.351 e. The Morgan fingerprint density at radius 1 is 1.26 bits per heavy atom. The van der Waals surface area contributed by atoms with Gasteiger partial charge in [0, 0.05) is 12.0 Å². The molecule has 4 nitrogen and oxygen atoms in total. The minimum absolute atomic E-state index is 0.0526. The Morgan fingerprint density at radius 2 is 2.00 bits per heavy atom. The zero-order chi connectivity index (χ0) is 17.0. The molecule has 2 N–H and O–H groups in total. The monoisotopic (exact) mass is 350 g/mol. The molecule has 6 heteroatoms. The molecule has 0 aliphatic heterocycles. The average Bonchev–Trinajstić information content (AvgIpc) is 3.07. The second kappa shape index (κ2) is 7.27. The Morgan fingerprint density at radius 3 is 2.61 bits per heavy atom. The van der Waals surface area contributed by atoms with Crippen LogP contribution in [0.5, 0.6) is 0 Å². The molecule has 0 saturated heterocycles. The maximum absolute atomic E-state index is 12.3. The molecule has 2 amide bonds. The molecule has 0 aliphatic rings. The van der Waals surface area contributed by atoms with E-state index in [1.807, 2.05) is 39.1 Å². The van der Waals surface area contributed by atoms with Crippen molar-refractivity contribution in [1.82, 2.24) is 5.32 Å². The highest BCUT2D eigenvalue weighted by Gasteiger charge is 2.22. The van der Waals surface area contributed by atoms with E-state index in [1.54, 1.807) is 11.3 Å². The molecule has 2 rings (SSSR count). The molecular weight excluding hydrogens is 328 g/mol. The van der Waals surface area contributed by atoms with E-state index in [9.17, 15) is 9.59 Å². The Labute approximate surface area is 144 Å². The normalized spacial score (nSPS) is 11.3.